The maximum absolute atomic E-state index is 11.9. The average molecular weight is 377 g/mol. The van der Waals surface area contributed by atoms with Crippen LogP contribution in [0, 0.1) is 11.3 Å². The van der Waals surface area contributed by atoms with Gasteiger partial charge in [-0.15, -0.1) is 6.58 Å². The number of hydrogen-bond acceptors (Lipinski definition) is 4. The lowest BCUT2D eigenvalue weighted by atomic mass is 10.1. The number of nitrogens with one attached hydrogen (secondary N) is 1. The van der Waals surface area contributed by atoms with Gasteiger partial charge in [0, 0.05) is 6.54 Å². The summed E-state index contributed by atoms with van der Waals surface area (Å²) < 4.78 is 11.5. The Hall–Kier alpha value is -2.52. The second-order valence-corrected chi connectivity index (χ2v) is 5.16. The van der Waals surface area contributed by atoms with E-state index >= 15 is 0 Å². The topological polar surface area (TPSA) is 71.4 Å². The molecule has 0 spiro atoms. The number of benzene rings is 1. The molecule has 5 nitrogen and oxygen atoms in total. The molecule has 0 unspecified atom stereocenters. The Morgan fingerprint density at radius 3 is 2.74 bits per heavy atom. The molecule has 1 aromatic carbocycles. The van der Waals surface area contributed by atoms with Crippen LogP contribution in [0.5, 0.6) is 11.5 Å². The molecule has 1 amide bonds. The van der Waals surface area contributed by atoms with Crippen LogP contribution in [0.1, 0.15) is 5.56 Å². The maximum Gasteiger partial charge on any atom is 0.262 e. The number of nitrogens with zero attached hydrogens (tertiary/aromatic N) is 1. The molecular formula is C17H17BrN2O3. The molecule has 0 aliphatic heterocycles. The van der Waals surface area contributed by atoms with Crippen LogP contribution in [0.3, 0.4) is 0 Å². The molecule has 0 atom stereocenters. The second kappa shape index (κ2) is 9.49. The van der Waals surface area contributed by atoms with Crippen LogP contribution < -0.4 is 14.8 Å². The number of ether oxygens (including phenoxy) is 2. The number of nitriles is 1. The third-order valence-corrected chi connectivity index (χ3v) is 3.27. The van der Waals surface area contributed by atoms with Crippen molar-refractivity contribution in [3.8, 4) is 17.6 Å². The molecule has 120 valence electrons. The number of rotatable bonds is 8. The summed E-state index contributed by atoms with van der Waals surface area (Å²) in [5, 5.41) is 11.7. The number of carbonyl (C=O) groups is 1. The van der Waals surface area contributed by atoms with E-state index in [4.69, 9.17) is 14.7 Å². The monoisotopic (exact) mass is 376 g/mol. The summed E-state index contributed by atoms with van der Waals surface area (Å²) in [5.41, 5.74) is 0.616. The highest BCUT2D eigenvalue weighted by Crippen LogP contribution is 2.37. The van der Waals surface area contributed by atoms with Gasteiger partial charge < -0.3 is 14.8 Å². The summed E-state index contributed by atoms with van der Waals surface area (Å²) in [7, 11) is 1.51. The molecule has 1 aromatic rings. The van der Waals surface area contributed by atoms with Crippen LogP contribution in [-0.2, 0) is 4.79 Å². The van der Waals surface area contributed by atoms with Gasteiger partial charge >= 0.3 is 0 Å². The molecule has 23 heavy (non-hydrogen) atoms. The Morgan fingerprint density at radius 2 is 2.17 bits per heavy atom. The lowest BCUT2D eigenvalue weighted by molar-refractivity contribution is -0.116. The van der Waals surface area contributed by atoms with E-state index in [1.807, 2.05) is 6.07 Å². The van der Waals surface area contributed by atoms with E-state index in [9.17, 15) is 4.79 Å². The summed E-state index contributed by atoms with van der Waals surface area (Å²) in [6.45, 7) is 7.73. The van der Waals surface area contributed by atoms with Gasteiger partial charge in [-0.2, -0.15) is 5.26 Å². The molecule has 0 fully saturated rings. The molecule has 1 rings (SSSR count). The van der Waals surface area contributed by atoms with Gasteiger partial charge in [0.2, 0.25) is 0 Å². The molecule has 0 aromatic heterocycles. The predicted octanol–water partition coefficient (Wildman–Crippen LogP) is 3.23. The molecule has 0 radical (unpaired) electrons. The molecule has 0 aliphatic rings. The van der Waals surface area contributed by atoms with Crippen LogP contribution in [0.15, 0.2) is 47.5 Å². The molecule has 6 heteroatoms. The summed E-state index contributed by atoms with van der Waals surface area (Å²) in [5.74, 6) is 0.546. The minimum absolute atomic E-state index is 0.0134. The summed E-state index contributed by atoms with van der Waals surface area (Å²) in [6.07, 6.45) is 4.64. The van der Waals surface area contributed by atoms with Crippen molar-refractivity contribution < 1.29 is 14.3 Å². The van der Waals surface area contributed by atoms with Crippen molar-refractivity contribution >= 4 is 27.9 Å². The second-order valence-electron chi connectivity index (χ2n) is 4.30. The molecular weight excluding hydrogens is 360 g/mol. The molecule has 0 heterocycles. The number of amides is 1. The Kier molecular flexibility index (Phi) is 7.64. The Labute approximate surface area is 144 Å². The van der Waals surface area contributed by atoms with Gasteiger partial charge in [-0.1, -0.05) is 18.7 Å². The van der Waals surface area contributed by atoms with E-state index in [1.54, 1.807) is 18.2 Å². The minimum atomic E-state index is -0.463. The summed E-state index contributed by atoms with van der Waals surface area (Å²) in [6, 6.07) is 5.30. The standard InChI is InChI=1S/C17H17BrN2O3/c1-4-6-20-17(21)13(11-19)8-12-9-14(18)16(23-7-5-2)15(10-12)22-3/h4-5,8-10H,1-2,6-7H2,3H3,(H,20,21)/b13-8+. The van der Waals surface area contributed by atoms with Crippen molar-refractivity contribution in [2.75, 3.05) is 20.3 Å². The van der Waals surface area contributed by atoms with Crippen molar-refractivity contribution in [2.45, 2.75) is 0 Å². The van der Waals surface area contributed by atoms with E-state index in [0.29, 0.717) is 34.7 Å². The van der Waals surface area contributed by atoms with Gasteiger partial charge in [0.05, 0.1) is 11.6 Å². The van der Waals surface area contributed by atoms with Gasteiger partial charge in [-0.05, 0) is 39.7 Å². The van der Waals surface area contributed by atoms with Crippen molar-refractivity contribution in [3.63, 3.8) is 0 Å². The van der Waals surface area contributed by atoms with Gasteiger partial charge in [-0.25, -0.2) is 0 Å². The van der Waals surface area contributed by atoms with Crippen LogP contribution in [0.2, 0.25) is 0 Å². The lowest BCUT2D eigenvalue weighted by Gasteiger charge is -2.12. The van der Waals surface area contributed by atoms with Crippen LogP contribution >= 0.6 is 15.9 Å². The molecule has 1 N–H and O–H groups in total. The van der Waals surface area contributed by atoms with Crippen molar-refractivity contribution in [2.24, 2.45) is 0 Å². The largest absolute Gasteiger partial charge is 0.493 e. The zero-order chi connectivity index (χ0) is 17.2. The van der Waals surface area contributed by atoms with Gasteiger partial charge in [0.25, 0.3) is 5.91 Å². The summed E-state index contributed by atoms with van der Waals surface area (Å²) in [4.78, 5) is 11.9. The van der Waals surface area contributed by atoms with E-state index in [2.05, 4.69) is 34.4 Å². The zero-order valence-electron chi connectivity index (χ0n) is 12.8. The molecule has 0 aliphatic carbocycles. The van der Waals surface area contributed by atoms with E-state index in [-0.39, 0.29) is 5.57 Å². The third-order valence-electron chi connectivity index (χ3n) is 2.68. The zero-order valence-corrected chi connectivity index (χ0v) is 14.4. The van der Waals surface area contributed by atoms with Crippen molar-refractivity contribution in [1.82, 2.24) is 5.32 Å². The van der Waals surface area contributed by atoms with Crippen LogP contribution in [-0.4, -0.2) is 26.2 Å². The van der Waals surface area contributed by atoms with Crippen LogP contribution in [0.25, 0.3) is 6.08 Å². The van der Waals surface area contributed by atoms with E-state index in [0.717, 1.165) is 0 Å². The molecule has 0 saturated carbocycles. The maximum atomic E-state index is 11.9. The van der Waals surface area contributed by atoms with Gasteiger partial charge in [0.1, 0.15) is 18.2 Å². The first kappa shape index (κ1) is 18.5. The normalized spacial score (nSPS) is 10.4. The summed E-state index contributed by atoms with van der Waals surface area (Å²) >= 11 is 3.39. The smallest absolute Gasteiger partial charge is 0.262 e. The fraction of sp³-hybridized carbons (Fsp3) is 0.176. The fourth-order valence-corrected chi connectivity index (χ4v) is 2.25. The van der Waals surface area contributed by atoms with Crippen LogP contribution in [0.4, 0.5) is 0 Å². The minimum Gasteiger partial charge on any atom is -0.493 e. The highest BCUT2D eigenvalue weighted by atomic mass is 79.9. The number of halogens is 1. The first-order valence-electron chi connectivity index (χ1n) is 6.69. The highest BCUT2D eigenvalue weighted by molar-refractivity contribution is 9.10. The third kappa shape index (κ3) is 5.31. The first-order valence-corrected chi connectivity index (χ1v) is 7.48. The molecule has 0 bridgehead atoms. The Morgan fingerprint density at radius 1 is 1.43 bits per heavy atom. The first-order chi connectivity index (χ1) is 11.1. The number of carbonyl (C=O) groups excluding carboxylic acids is 1. The Balaban J connectivity index is 3.17. The van der Waals surface area contributed by atoms with E-state index < -0.39 is 5.91 Å². The Bertz CT molecular complexity index is 675. The fourth-order valence-electron chi connectivity index (χ4n) is 1.68. The van der Waals surface area contributed by atoms with Gasteiger partial charge in [0.15, 0.2) is 11.5 Å². The number of methoxy groups -OCH3 is 1. The molecule has 0 saturated heterocycles. The van der Waals surface area contributed by atoms with E-state index in [1.165, 1.54) is 19.3 Å². The highest BCUT2D eigenvalue weighted by Gasteiger charge is 2.13. The van der Waals surface area contributed by atoms with Crippen molar-refractivity contribution in [3.05, 3.63) is 53.1 Å². The average Bonchev–Trinajstić information content (AvgIpc) is 2.55. The number of hydrogen-bond donors (Lipinski definition) is 1. The van der Waals surface area contributed by atoms with Crippen molar-refractivity contribution in [1.29, 1.82) is 5.26 Å². The predicted molar refractivity (Wildman–Crippen MR) is 93.2 cm³/mol. The SMILES string of the molecule is C=CCNC(=O)/C(C#N)=C/c1cc(Br)c(OCC=C)c(OC)c1. The lowest BCUT2D eigenvalue weighted by Crippen LogP contribution is -2.24. The van der Waals surface area contributed by atoms with Gasteiger partial charge in [-0.3, -0.25) is 4.79 Å². The quantitative estimate of drug-likeness (QED) is 0.429.